The highest BCUT2D eigenvalue weighted by Crippen LogP contribution is 2.19. The molecule has 4 nitrogen and oxygen atoms in total. The molecule has 0 aliphatic carbocycles. The van der Waals surface area contributed by atoms with Gasteiger partial charge in [-0.2, -0.15) is 0 Å². The van der Waals surface area contributed by atoms with Gasteiger partial charge in [-0.25, -0.2) is 4.39 Å². The molecule has 0 atom stereocenters. The molecular weight excluding hydrogens is 223 g/mol. The number of benzene rings is 1. The Balaban J connectivity index is 2.75. The van der Waals surface area contributed by atoms with Crippen molar-refractivity contribution in [3.05, 3.63) is 39.7 Å². The van der Waals surface area contributed by atoms with Gasteiger partial charge in [0.1, 0.15) is 5.82 Å². The third kappa shape index (κ3) is 4.48. The predicted octanol–water partition coefficient (Wildman–Crippen LogP) is 2.66. The van der Waals surface area contributed by atoms with Gasteiger partial charge >= 0.3 is 0 Å². The first-order valence-corrected chi connectivity index (χ1v) is 5.47. The van der Waals surface area contributed by atoms with Gasteiger partial charge in [-0.15, -0.1) is 0 Å². The number of nitrogens with one attached hydrogen (secondary N) is 1. The Hall–Kier alpha value is -1.49. The second-order valence-electron chi connectivity index (χ2n) is 4.96. The van der Waals surface area contributed by atoms with Crippen molar-refractivity contribution in [3.63, 3.8) is 0 Å². The molecule has 17 heavy (non-hydrogen) atoms. The van der Waals surface area contributed by atoms with Crippen molar-refractivity contribution in [2.24, 2.45) is 0 Å². The van der Waals surface area contributed by atoms with E-state index in [-0.39, 0.29) is 11.2 Å². The lowest BCUT2D eigenvalue weighted by atomic mass is 10.1. The Morgan fingerprint density at radius 2 is 2.06 bits per heavy atom. The third-order valence-corrected chi connectivity index (χ3v) is 2.29. The molecular formula is C12H17FN2O2. The van der Waals surface area contributed by atoms with Crippen LogP contribution in [0.3, 0.4) is 0 Å². The fourth-order valence-corrected chi connectivity index (χ4v) is 1.50. The second kappa shape index (κ2) is 5.23. The normalized spacial score (nSPS) is 11.5. The molecule has 1 N–H and O–H groups in total. The van der Waals surface area contributed by atoms with E-state index in [4.69, 9.17) is 0 Å². The molecule has 0 amide bonds. The Kier molecular flexibility index (Phi) is 4.17. The van der Waals surface area contributed by atoms with Crippen LogP contribution < -0.4 is 5.32 Å². The highest BCUT2D eigenvalue weighted by Gasteiger charge is 2.15. The summed E-state index contributed by atoms with van der Waals surface area (Å²) in [5.74, 6) is -0.443. The quantitative estimate of drug-likeness (QED) is 0.650. The molecule has 0 aliphatic heterocycles. The van der Waals surface area contributed by atoms with Crippen molar-refractivity contribution in [2.45, 2.75) is 32.7 Å². The molecule has 0 fully saturated rings. The molecule has 0 saturated carbocycles. The summed E-state index contributed by atoms with van der Waals surface area (Å²) in [6, 6.07) is 3.54. The SMILES string of the molecule is CC(C)(C)NCCc1cc(F)ccc1[N+](=O)[O-]. The summed E-state index contributed by atoms with van der Waals surface area (Å²) in [7, 11) is 0. The van der Waals surface area contributed by atoms with Crippen molar-refractivity contribution in [1.29, 1.82) is 0 Å². The Bertz CT molecular complexity index is 413. The van der Waals surface area contributed by atoms with E-state index in [0.29, 0.717) is 18.5 Å². The van der Waals surface area contributed by atoms with Crippen LogP contribution in [0.1, 0.15) is 26.3 Å². The van der Waals surface area contributed by atoms with Gasteiger partial charge in [0, 0.05) is 17.2 Å². The molecule has 0 aliphatic rings. The van der Waals surface area contributed by atoms with E-state index in [9.17, 15) is 14.5 Å². The van der Waals surface area contributed by atoms with Crippen LogP contribution in [0.5, 0.6) is 0 Å². The Morgan fingerprint density at radius 3 is 2.59 bits per heavy atom. The summed E-state index contributed by atoms with van der Waals surface area (Å²) in [5, 5.41) is 14.0. The molecule has 0 heterocycles. The molecule has 0 bridgehead atoms. The molecule has 0 unspecified atom stereocenters. The van der Waals surface area contributed by atoms with Crippen molar-refractivity contribution >= 4 is 5.69 Å². The molecule has 1 aromatic rings. The molecule has 0 spiro atoms. The Labute approximate surface area is 100.0 Å². The summed E-state index contributed by atoms with van der Waals surface area (Å²) in [4.78, 5) is 10.3. The van der Waals surface area contributed by atoms with E-state index < -0.39 is 10.7 Å². The van der Waals surface area contributed by atoms with Gasteiger partial charge in [-0.05, 0) is 45.9 Å². The molecule has 1 aromatic carbocycles. The summed E-state index contributed by atoms with van der Waals surface area (Å²) >= 11 is 0. The maximum Gasteiger partial charge on any atom is 0.272 e. The van der Waals surface area contributed by atoms with E-state index in [0.717, 1.165) is 6.07 Å². The fourth-order valence-electron chi connectivity index (χ4n) is 1.50. The van der Waals surface area contributed by atoms with Crippen LogP contribution >= 0.6 is 0 Å². The molecule has 1 rings (SSSR count). The first-order chi connectivity index (χ1) is 7.79. The van der Waals surface area contributed by atoms with Crippen LogP contribution in [-0.2, 0) is 6.42 Å². The van der Waals surface area contributed by atoms with E-state index in [1.807, 2.05) is 20.8 Å². The Morgan fingerprint density at radius 1 is 1.41 bits per heavy atom. The largest absolute Gasteiger partial charge is 0.312 e. The smallest absolute Gasteiger partial charge is 0.272 e. The molecule has 0 radical (unpaired) electrons. The highest BCUT2D eigenvalue weighted by molar-refractivity contribution is 5.40. The van der Waals surface area contributed by atoms with Crippen LogP contribution in [0.15, 0.2) is 18.2 Å². The summed E-state index contributed by atoms with van der Waals surface area (Å²) < 4.78 is 13.0. The molecule has 94 valence electrons. The number of nitrogens with zero attached hydrogens (tertiary/aromatic N) is 1. The van der Waals surface area contributed by atoms with Crippen LogP contribution in [0, 0.1) is 15.9 Å². The van der Waals surface area contributed by atoms with Gasteiger partial charge in [0.2, 0.25) is 0 Å². The number of hydrogen-bond acceptors (Lipinski definition) is 3. The minimum atomic E-state index is -0.480. The molecule has 0 saturated heterocycles. The summed E-state index contributed by atoms with van der Waals surface area (Å²) in [6.45, 7) is 6.60. The number of nitro benzene ring substituents is 1. The average Bonchev–Trinajstić information content (AvgIpc) is 2.15. The van der Waals surface area contributed by atoms with Crippen LogP contribution in [-0.4, -0.2) is 17.0 Å². The van der Waals surface area contributed by atoms with Gasteiger partial charge in [-0.1, -0.05) is 0 Å². The third-order valence-electron chi connectivity index (χ3n) is 2.29. The lowest BCUT2D eigenvalue weighted by Gasteiger charge is -2.20. The fraction of sp³-hybridized carbons (Fsp3) is 0.500. The zero-order valence-corrected chi connectivity index (χ0v) is 10.3. The van der Waals surface area contributed by atoms with E-state index in [1.165, 1.54) is 12.1 Å². The van der Waals surface area contributed by atoms with E-state index >= 15 is 0 Å². The van der Waals surface area contributed by atoms with Gasteiger partial charge in [-0.3, -0.25) is 10.1 Å². The number of halogens is 1. The highest BCUT2D eigenvalue weighted by atomic mass is 19.1. The minimum Gasteiger partial charge on any atom is -0.312 e. The average molecular weight is 240 g/mol. The minimum absolute atomic E-state index is 0.0258. The van der Waals surface area contributed by atoms with Crippen molar-refractivity contribution in [2.75, 3.05) is 6.54 Å². The summed E-state index contributed by atoms with van der Waals surface area (Å²) in [6.07, 6.45) is 0.436. The standard InChI is InChI=1S/C12H17FN2O2/c1-12(2,3)14-7-6-9-8-10(13)4-5-11(9)15(16)17/h4-5,8,14H,6-7H2,1-3H3. The van der Waals surface area contributed by atoms with Crippen LogP contribution in [0.4, 0.5) is 10.1 Å². The number of rotatable bonds is 4. The van der Waals surface area contributed by atoms with Crippen molar-refractivity contribution in [1.82, 2.24) is 5.32 Å². The number of hydrogen-bond donors (Lipinski definition) is 1. The summed E-state index contributed by atoms with van der Waals surface area (Å²) in [5.41, 5.74) is 0.344. The second-order valence-corrected chi connectivity index (χ2v) is 4.96. The zero-order valence-electron chi connectivity index (χ0n) is 10.3. The maximum absolute atomic E-state index is 13.0. The van der Waals surface area contributed by atoms with Crippen LogP contribution in [0.2, 0.25) is 0 Å². The van der Waals surface area contributed by atoms with Crippen molar-refractivity contribution < 1.29 is 9.31 Å². The number of nitro groups is 1. The van der Waals surface area contributed by atoms with Crippen LogP contribution in [0.25, 0.3) is 0 Å². The first kappa shape index (κ1) is 13.6. The van der Waals surface area contributed by atoms with Gasteiger partial charge in [0.25, 0.3) is 5.69 Å². The molecule has 0 aromatic heterocycles. The maximum atomic E-state index is 13.0. The lowest BCUT2D eigenvalue weighted by molar-refractivity contribution is -0.385. The zero-order chi connectivity index (χ0) is 13.1. The van der Waals surface area contributed by atoms with Gasteiger partial charge < -0.3 is 5.32 Å². The monoisotopic (exact) mass is 240 g/mol. The molecule has 5 heteroatoms. The lowest BCUT2D eigenvalue weighted by Crippen LogP contribution is -2.37. The first-order valence-electron chi connectivity index (χ1n) is 5.47. The van der Waals surface area contributed by atoms with Gasteiger partial charge in [0.15, 0.2) is 0 Å². The topological polar surface area (TPSA) is 55.2 Å². The van der Waals surface area contributed by atoms with E-state index in [2.05, 4.69) is 5.32 Å². The van der Waals surface area contributed by atoms with E-state index in [1.54, 1.807) is 0 Å². The van der Waals surface area contributed by atoms with Crippen molar-refractivity contribution in [3.8, 4) is 0 Å². The predicted molar refractivity (Wildman–Crippen MR) is 64.5 cm³/mol. The van der Waals surface area contributed by atoms with Gasteiger partial charge in [0.05, 0.1) is 4.92 Å².